The summed E-state index contributed by atoms with van der Waals surface area (Å²) in [5, 5.41) is 8.89. The molecule has 0 aromatic heterocycles. The van der Waals surface area contributed by atoms with Crippen LogP contribution < -0.4 is 5.73 Å². The van der Waals surface area contributed by atoms with Crippen LogP contribution >= 0.6 is 0 Å². The SMILES string of the molecule is C[C@H](CO)CCN(C)CCCCCCN. The van der Waals surface area contributed by atoms with Crippen molar-refractivity contribution in [3.8, 4) is 0 Å². The van der Waals surface area contributed by atoms with Crippen LogP contribution in [0, 0.1) is 5.92 Å². The van der Waals surface area contributed by atoms with Gasteiger partial charge in [-0.3, -0.25) is 0 Å². The van der Waals surface area contributed by atoms with Crippen LogP contribution in [0.2, 0.25) is 0 Å². The summed E-state index contributed by atoms with van der Waals surface area (Å²) >= 11 is 0. The van der Waals surface area contributed by atoms with E-state index in [-0.39, 0.29) is 0 Å². The highest BCUT2D eigenvalue weighted by atomic mass is 16.3. The van der Waals surface area contributed by atoms with Crippen molar-refractivity contribution in [2.45, 2.75) is 39.0 Å². The Balaban J connectivity index is 3.21. The summed E-state index contributed by atoms with van der Waals surface area (Å²) in [7, 11) is 2.16. The molecule has 3 nitrogen and oxygen atoms in total. The fraction of sp³-hybridized carbons (Fsp3) is 1.00. The van der Waals surface area contributed by atoms with Crippen molar-refractivity contribution in [2.75, 3.05) is 33.3 Å². The van der Waals surface area contributed by atoms with Gasteiger partial charge in [0.05, 0.1) is 0 Å². The normalized spacial score (nSPS) is 13.4. The van der Waals surface area contributed by atoms with Crippen molar-refractivity contribution < 1.29 is 5.11 Å². The van der Waals surface area contributed by atoms with Gasteiger partial charge in [-0.15, -0.1) is 0 Å². The Hall–Kier alpha value is -0.120. The summed E-state index contributed by atoms with van der Waals surface area (Å²) in [5.41, 5.74) is 5.43. The van der Waals surface area contributed by atoms with Crippen molar-refractivity contribution in [2.24, 2.45) is 11.7 Å². The highest BCUT2D eigenvalue weighted by molar-refractivity contribution is 4.57. The lowest BCUT2D eigenvalue weighted by Gasteiger charge is -2.18. The number of rotatable bonds is 10. The van der Waals surface area contributed by atoms with Crippen LogP contribution in [0.25, 0.3) is 0 Å². The maximum atomic E-state index is 8.89. The molecule has 3 heteroatoms. The number of aliphatic hydroxyl groups is 1. The van der Waals surface area contributed by atoms with E-state index >= 15 is 0 Å². The minimum atomic E-state index is 0.310. The lowest BCUT2D eigenvalue weighted by Crippen LogP contribution is -2.23. The van der Waals surface area contributed by atoms with E-state index in [1.807, 2.05) is 0 Å². The molecule has 0 rings (SSSR count). The first kappa shape index (κ1) is 14.9. The molecule has 0 amide bonds. The van der Waals surface area contributed by atoms with E-state index < -0.39 is 0 Å². The Morgan fingerprint density at radius 3 is 2.40 bits per heavy atom. The smallest absolute Gasteiger partial charge is 0.0457 e. The van der Waals surface area contributed by atoms with Crippen LogP contribution in [-0.2, 0) is 0 Å². The van der Waals surface area contributed by atoms with Gasteiger partial charge in [-0.25, -0.2) is 0 Å². The summed E-state index contributed by atoms with van der Waals surface area (Å²) in [6.07, 6.45) is 6.07. The molecule has 0 unspecified atom stereocenters. The molecule has 15 heavy (non-hydrogen) atoms. The molecule has 0 saturated carbocycles. The molecule has 0 saturated heterocycles. The molecule has 3 N–H and O–H groups in total. The topological polar surface area (TPSA) is 49.5 Å². The Kier molecular flexibility index (Phi) is 10.3. The molecular weight excluding hydrogens is 188 g/mol. The number of hydrogen-bond acceptors (Lipinski definition) is 3. The summed E-state index contributed by atoms with van der Waals surface area (Å²) in [6, 6.07) is 0. The molecule has 0 fully saturated rings. The lowest BCUT2D eigenvalue weighted by atomic mass is 10.1. The predicted octanol–water partition coefficient (Wildman–Crippen LogP) is 1.46. The second-order valence-electron chi connectivity index (χ2n) is 4.58. The third-order valence-corrected chi connectivity index (χ3v) is 2.81. The Morgan fingerprint density at radius 2 is 1.80 bits per heavy atom. The van der Waals surface area contributed by atoms with Gasteiger partial charge in [0.1, 0.15) is 0 Å². The largest absolute Gasteiger partial charge is 0.396 e. The second-order valence-corrected chi connectivity index (χ2v) is 4.58. The highest BCUT2D eigenvalue weighted by Crippen LogP contribution is 2.04. The van der Waals surface area contributed by atoms with Crippen molar-refractivity contribution in [1.29, 1.82) is 0 Å². The van der Waals surface area contributed by atoms with E-state index in [1.54, 1.807) is 0 Å². The van der Waals surface area contributed by atoms with E-state index in [2.05, 4.69) is 18.9 Å². The molecule has 0 spiro atoms. The zero-order chi connectivity index (χ0) is 11.5. The summed E-state index contributed by atoms with van der Waals surface area (Å²) in [4.78, 5) is 2.36. The Bertz CT molecular complexity index is 131. The van der Waals surface area contributed by atoms with Crippen molar-refractivity contribution in [3.05, 3.63) is 0 Å². The van der Waals surface area contributed by atoms with Gasteiger partial charge in [-0.05, 0) is 51.9 Å². The molecule has 0 aliphatic rings. The van der Waals surface area contributed by atoms with E-state index in [9.17, 15) is 0 Å². The molecule has 0 aromatic carbocycles. The molecule has 0 aliphatic heterocycles. The van der Waals surface area contributed by atoms with Crippen LogP contribution in [0.5, 0.6) is 0 Å². The highest BCUT2D eigenvalue weighted by Gasteiger charge is 2.02. The number of unbranched alkanes of at least 4 members (excludes halogenated alkanes) is 3. The zero-order valence-electron chi connectivity index (χ0n) is 10.4. The van der Waals surface area contributed by atoms with Crippen LogP contribution in [0.4, 0.5) is 0 Å². The molecule has 1 atom stereocenters. The van der Waals surface area contributed by atoms with Crippen molar-refractivity contribution in [3.63, 3.8) is 0 Å². The van der Waals surface area contributed by atoms with Gasteiger partial charge in [0.15, 0.2) is 0 Å². The first-order valence-electron chi connectivity index (χ1n) is 6.20. The number of nitrogens with two attached hydrogens (primary N) is 1. The van der Waals surface area contributed by atoms with Crippen molar-refractivity contribution >= 4 is 0 Å². The van der Waals surface area contributed by atoms with Crippen LogP contribution in [-0.4, -0.2) is 43.3 Å². The van der Waals surface area contributed by atoms with Gasteiger partial charge in [0.25, 0.3) is 0 Å². The molecule has 0 bridgehead atoms. The van der Waals surface area contributed by atoms with Crippen LogP contribution in [0.15, 0.2) is 0 Å². The lowest BCUT2D eigenvalue weighted by molar-refractivity contribution is 0.210. The van der Waals surface area contributed by atoms with Crippen LogP contribution in [0.1, 0.15) is 39.0 Å². The van der Waals surface area contributed by atoms with Gasteiger partial charge in [-0.2, -0.15) is 0 Å². The predicted molar refractivity (Wildman–Crippen MR) is 65.9 cm³/mol. The average molecular weight is 216 g/mol. The van der Waals surface area contributed by atoms with Gasteiger partial charge in [0.2, 0.25) is 0 Å². The van der Waals surface area contributed by atoms with E-state index in [0.29, 0.717) is 12.5 Å². The number of aliphatic hydroxyl groups excluding tert-OH is 1. The monoisotopic (exact) mass is 216 g/mol. The molecule has 0 radical (unpaired) electrons. The van der Waals surface area contributed by atoms with Gasteiger partial charge < -0.3 is 15.7 Å². The molecular formula is C12H28N2O. The summed E-state index contributed by atoms with van der Waals surface area (Å²) in [6.45, 7) is 5.49. The first-order valence-corrected chi connectivity index (χ1v) is 6.20. The van der Waals surface area contributed by atoms with Crippen LogP contribution in [0.3, 0.4) is 0 Å². The van der Waals surface area contributed by atoms with Crippen molar-refractivity contribution in [1.82, 2.24) is 4.90 Å². The van der Waals surface area contributed by atoms with Gasteiger partial charge in [0, 0.05) is 6.61 Å². The quantitative estimate of drug-likeness (QED) is 0.544. The summed E-state index contributed by atoms with van der Waals surface area (Å²) < 4.78 is 0. The Labute approximate surface area is 94.6 Å². The fourth-order valence-corrected chi connectivity index (χ4v) is 1.52. The molecule has 92 valence electrons. The standard InChI is InChI=1S/C12H28N2O/c1-12(11-15)7-10-14(2)9-6-4-3-5-8-13/h12,15H,3-11,13H2,1-2H3/t12-/m0/s1. The summed E-state index contributed by atoms with van der Waals surface area (Å²) in [5.74, 6) is 0.435. The average Bonchev–Trinajstić information content (AvgIpc) is 2.25. The molecule has 0 heterocycles. The third-order valence-electron chi connectivity index (χ3n) is 2.81. The fourth-order valence-electron chi connectivity index (χ4n) is 1.52. The minimum absolute atomic E-state index is 0.310. The molecule has 0 aromatic rings. The zero-order valence-corrected chi connectivity index (χ0v) is 10.4. The first-order chi connectivity index (χ1) is 7.20. The maximum absolute atomic E-state index is 8.89. The van der Waals surface area contributed by atoms with Gasteiger partial charge in [-0.1, -0.05) is 19.8 Å². The Morgan fingerprint density at radius 1 is 1.13 bits per heavy atom. The van der Waals surface area contributed by atoms with E-state index in [4.69, 9.17) is 10.8 Å². The van der Waals surface area contributed by atoms with E-state index in [0.717, 1.165) is 25.9 Å². The molecule has 0 aliphatic carbocycles. The van der Waals surface area contributed by atoms with Gasteiger partial charge >= 0.3 is 0 Å². The maximum Gasteiger partial charge on any atom is 0.0457 e. The third kappa shape index (κ3) is 10.2. The number of hydrogen-bond donors (Lipinski definition) is 2. The van der Waals surface area contributed by atoms with E-state index in [1.165, 1.54) is 25.8 Å². The number of nitrogens with zero attached hydrogens (tertiary/aromatic N) is 1. The second kappa shape index (κ2) is 10.4. The minimum Gasteiger partial charge on any atom is -0.396 e.